The molecule has 0 saturated carbocycles. The third kappa shape index (κ3) is 2.19. The number of hydrogen-bond acceptors (Lipinski definition) is 2. The fourth-order valence-electron chi connectivity index (χ4n) is 2.11. The monoisotopic (exact) mass is 264 g/mol. The Morgan fingerprint density at radius 2 is 1.80 bits per heavy atom. The molecule has 3 rings (SSSR count). The number of hydrogen-bond donors (Lipinski definition) is 1. The predicted octanol–water partition coefficient (Wildman–Crippen LogP) is 2.65. The molecule has 0 spiro atoms. The molecule has 1 aromatic heterocycles. The van der Waals surface area contributed by atoms with E-state index in [1.54, 1.807) is 29.1 Å². The lowest BCUT2D eigenvalue weighted by molar-refractivity contribution is 0.112. The maximum Gasteiger partial charge on any atom is 0.330 e. The van der Waals surface area contributed by atoms with E-state index in [4.69, 9.17) is 0 Å². The van der Waals surface area contributed by atoms with Gasteiger partial charge >= 0.3 is 5.69 Å². The first-order valence-corrected chi connectivity index (χ1v) is 6.20. The lowest BCUT2D eigenvalue weighted by atomic mass is 10.0. The van der Waals surface area contributed by atoms with Crippen LogP contribution in [0.1, 0.15) is 10.4 Å². The summed E-state index contributed by atoms with van der Waals surface area (Å²) in [5.41, 5.74) is 3.27. The fourth-order valence-corrected chi connectivity index (χ4v) is 2.11. The molecule has 0 aliphatic carbocycles. The number of nitrogens with one attached hydrogen (secondary N) is 1. The Balaban J connectivity index is 2.04. The van der Waals surface area contributed by atoms with Gasteiger partial charge in [-0.3, -0.25) is 9.36 Å². The van der Waals surface area contributed by atoms with Gasteiger partial charge in [-0.25, -0.2) is 4.79 Å². The van der Waals surface area contributed by atoms with E-state index in [9.17, 15) is 9.59 Å². The molecule has 4 heteroatoms. The summed E-state index contributed by atoms with van der Waals surface area (Å²) in [5.74, 6) is 0. The average molecular weight is 264 g/mol. The first-order chi connectivity index (χ1) is 9.78. The number of rotatable bonds is 3. The SMILES string of the molecule is O=Cc1ccc(-c2cccc(-n3cc[nH]c3=O)c2)cc1. The van der Waals surface area contributed by atoms with Gasteiger partial charge in [0, 0.05) is 18.0 Å². The van der Waals surface area contributed by atoms with Gasteiger partial charge in [0.25, 0.3) is 0 Å². The van der Waals surface area contributed by atoms with Crippen molar-refractivity contribution >= 4 is 6.29 Å². The van der Waals surface area contributed by atoms with Crippen molar-refractivity contribution in [2.75, 3.05) is 0 Å². The number of aldehydes is 1. The Labute approximate surface area is 115 Å². The molecule has 1 heterocycles. The molecule has 0 unspecified atom stereocenters. The van der Waals surface area contributed by atoms with Crippen LogP contribution >= 0.6 is 0 Å². The van der Waals surface area contributed by atoms with E-state index < -0.39 is 0 Å². The summed E-state index contributed by atoms with van der Waals surface area (Å²) in [5, 5.41) is 0. The van der Waals surface area contributed by atoms with E-state index in [0.717, 1.165) is 23.1 Å². The zero-order chi connectivity index (χ0) is 13.9. The minimum Gasteiger partial charge on any atom is -0.312 e. The molecule has 0 atom stereocenters. The topological polar surface area (TPSA) is 54.9 Å². The minimum absolute atomic E-state index is 0.168. The lowest BCUT2D eigenvalue weighted by Gasteiger charge is -2.06. The molecule has 3 aromatic rings. The highest BCUT2D eigenvalue weighted by Crippen LogP contribution is 2.21. The molecule has 0 aliphatic heterocycles. The number of aromatic nitrogens is 2. The molecule has 1 N–H and O–H groups in total. The van der Waals surface area contributed by atoms with Crippen molar-refractivity contribution in [3.05, 3.63) is 77.0 Å². The van der Waals surface area contributed by atoms with Gasteiger partial charge in [0.15, 0.2) is 0 Å². The Morgan fingerprint density at radius 3 is 2.45 bits per heavy atom. The smallest absolute Gasteiger partial charge is 0.312 e. The van der Waals surface area contributed by atoms with Gasteiger partial charge in [-0.2, -0.15) is 0 Å². The summed E-state index contributed by atoms with van der Waals surface area (Å²) in [6.07, 6.45) is 4.12. The summed E-state index contributed by atoms with van der Waals surface area (Å²) in [6, 6.07) is 15.0. The fraction of sp³-hybridized carbons (Fsp3) is 0. The molecule has 0 amide bonds. The van der Waals surface area contributed by atoms with Gasteiger partial charge in [-0.05, 0) is 23.3 Å². The van der Waals surface area contributed by atoms with Crippen LogP contribution in [-0.4, -0.2) is 15.8 Å². The second kappa shape index (κ2) is 5.01. The molecule has 0 fully saturated rings. The van der Waals surface area contributed by atoms with Gasteiger partial charge in [0.1, 0.15) is 6.29 Å². The Morgan fingerprint density at radius 1 is 1.00 bits per heavy atom. The van der Waals surface area contributed by atoms with E-state index in [1.807, 2.05) is 36.4 Å². The molecule has 0 radical (unpaired) electrons. The van der Waals surface area contributed by atoms with Crippen LogP contribution < -0.4 is 5.69 Å². The van der Waals surface area contributed by atoms with E-state index in [0.29, 0.717) is 5.56 Å². The third-order valence-corrected chi connectivity index (χ3v) is 3.15. The molecule has 2 aromatic carbocycles. The Kier molecular flexibility index (Phi) is 3.05. The normalized spacial score (nSPS) is 10.4. The van der Waals surface area contributed by atoms with E-state index >= 15 is 0 Å². The van der Waals surface area contributed by atoms with Crippen molar-refractivity contribution in [3.63, 3.8) is 0 Å². The van der Waals surface area contributed by atoms with Crippen LogP contribution in [0.5, 0.6) is 0 Å². The second-order valence-electron chi connectivity index (χ2n) is 4.43. The minimum atomic E-state index is -0.168. The number of imidazole rings is 1. The molecular formula is C16H12N2O2. The van der Waals surface area contributed by atoms with Crippen LogP contribution in [0.25, 0.3) is 16.8 Å². The third-order valence-electron chi connectivity index (χ3n) is 3.15. The van der Waals surface area contributed by atoms with E-state index in [-0.39, 0.29) is 5.69 Å². The number of benzene rings is 2. The lowest BCUT2D eigenvalue weighted by Crippen LogP contribution is -2.13. The standard InChI is InChI=1S/C16H12N2O2/c19-11-12-4-6-13(7-5-12)14-2-1-3-15(10-14)18-9-8-17-16(18)20/h1-11H,(H,17,20). The second-order valence-corrected chi connectivity index (χ2v) is 4.43. The Bertz CT molecular complexity index is 798. The molecule has 98 valence electrons. The highest BCUT2D eigenvalue weighted by Gasteiger charge is 2.03. The van der Waals surface area contributed by atoms with Crippen LogP contribution in [0.2, 0.25) is 0 Å². The molecule has 20 heavy (non-hydrogen) atoms. The van der Waals surface area contributed by atoms with Crippen molar-refractivity contribution in [1.82, 2.24) is 9.55 Å². The summed E-state index contributed by atoms with van der Waals surface area (Å²) < 4.78 is 1.54. The predicted molar refractivity (Wildman–Crippen MR) is 77.2 cm³/mol. The molecular weight excluding hydrogens is 252 g/mol. The van der Waals surface area contributed by atoms with Gasteiger partial charge < -0.3 is 4.98 Å². The largest absolute Gasteiger partial charge is 0.330 e. The number of carbonyl (C=O) groups excluding carboxylic acids is 1. The zero-order valence-corrected chi connectivity index (χ0v) is 10.6. The summed E-state index contributed by atoms with van der Waals surface area (Å²) >= 11 is 0. The number of H-pyrrole nitrogens is 1. The first-order valence-electron chi connectivity index (χ1n) is 6.20. The van der Waals surface area contributed by atoms with E-state index in [1.165, 1.54) is 0 Å². The van der Waals surface area contributed by atoms with Crippen LogP contribution in [0.15, 0.2) is 65.7 Å². The quantitative estimate of drug-likeness (QED) is 0.739. The van der Waals surface area contributed by atoms with Crippen LogP contribution in [0.3, 0.4) is 0 Å². The van der Waals surface area contributed by atoms with Crippen LogP contribution in [-0.2, 0) is 0 Å². The van der Waals surface area contributed by atoms with Gasteiger partial charge in [-0.15, -0.1) is 0 Å². The van der Waals surface area contributed by atoms with Crippen molar-refractivity contribution < 1.29 is 4.79 Å². The van der Waals surface area contributed by atoms with Gasteiger partial charge in [0.05, 0.1) is 5.69 Å². The van der Waals surface area contributed by atoms with Crippen LogP contribution in [0, 0.1) is 0 Å². The van der Waals surface area contributed by atoms with Crippen molar-refractivity contribution in [2.24, 2.45) is 0 Å². The maximum atomic E-state index is 11.6. The molecule has 0 bridgehead atoms. The average Bonchev–Trinajstić information content (AvgIpc) is 2.94. The highest BCUT2D eigenvalue weighted by molar-refractivity contribution is 5.77. The van der Waals surface area contributed by atoms with E-state index in [2.05, 4.69) is 4.98 Å². The molecule has 0 saturated heterocycles. The van der Waals surface area contributed by atoms with Gasteiger partial charge in [-0.1, -0.05) is 36.4 Å². The highest BCUT2D eigenvalue weighted by atomic mass is 16.1. The summed E-state index contributed by atoms with van der Waals surface area (Å²) in [7, 11) is 0. The van der Waals surface area contributed by atoms with Crippen molar-refractivity contribution in [2.45, 2.75) is 0 Å². The number of aromatic amines is 1. The number of carbonyl (C=O) groups is 1. The summed E-state index contributed by atoms with van der Waals surface area (Å²) in [4.78, 5) is 24.9. The number of nitrogens with zero attached hydrogens (tertiary/aromatic N) is 1. The summed E-state index contributed by atoms with van der Waals surface area (Å²) in [6.45, 7) is 0. The maximum absolute atomic E-state index is 11.6. The van der Waals surface area contributed by atoms with Gasteiger partial charge in [0.2, 0.25) is 0 Å². The van der Waals surface area contributed by atoms with Crippen molar-refractivity contribution in [3.8, 4) is 16.8 Å². The Hall–Kier alpha value is -2.88. The first kappa shape index (κ1) is 12.2. The zero-order valence-electron chi connectivity index (χ0n) is 10.6. The molecule has 4 nitrogen and oxygen atoms in total. The van der Waals surface area contributed by atoms with Crippen LogP contribution in [0.4, 0.5) is 0 Å². The molecule has 0 aliphatic rings. The van der Waals surface area contributed by atoms with Crippen molar-refractivity contribution in [1.29, 1.82) is 0 Å².